The second-order valence-corrected chi connectivity index (χ2v) is 5.90. The summed E-state index contributed by atoms with van der Waals surface area (Å²) < 4.78 is 4.94. The number of esters is 1. The molecule has 0 amide bonds. The molecule has 0 atom stereocenters. The fraction of sp³-hybridized carbons (Fsp3) is 0.929. The molecule has 1 aliphatic rings. The fourth-order valence-corrected chi connectivity index (χ4v) is 2.61. The van der Waals surface area contributed by atoms with Gasteiger partial charge in [-0.1, -0.05) is 20.3 Å². The molecule has 3 heteroatoms. The zero-order valence-electron chi connectivity index (χ0n) is 11.8. The molecule has 0 aromatic carbocycles. The summed E-state index contributed by atoms with van der Waals surface area (Å²) in [6.45, 7) is 6.44. The lowest BCUT2D eigenvalue weighted by Gasteiger charge is -2.41. The van der Waals surface area contributed by atoms with Crippen molar-refractivity contribution in [2.24, 2.45) is 11.3 Å². The number of carbonyl (C=O) groups excluding carboxylic acids is 1. The van der Waals surface area contributed by atoms with Gasteiger partial charge in [0.05, 0.1) is 12.5 Å². The van der Waals surface area contributed by atoms with Crippen molar-refractivity contribution in [3.05, 3.63) is 0 Å². The first-order valence-electron chi connectivity index (χ1n) is 6.77. The first kappa shape index (κ1) is 14.5. The summed E-state index contributed by atoms with van der Waals surface area (Å²) in [6.07, 6.45) is 5.62. The van der Waals surface area contributed by atoms with E-state index in [0.717, 1.165) is 38.3 Å². The van der Waals surface area contributed by atoms with Crippen LogP contribution < -0.4 is 0 Å². The molecular formula is C14H27NO2. The highest BCUT2D eigenvalue weighted by Crippen LogP contribution is 2.42. The number of nitrogens with zero attached hydrogens (tertiary/aromatic N) is 1. The zero-order valence-corrected chi connectivity index (χ0v) is 11.8. The number of hydrogen-bond donors (Lipinski definition) is 0. The number of methoxy groups -OCH3 is 1. The van der Waals surface area contributed by atoms with Crippen molar-refractivity contribution in [1.82, 2.24) is 4.90 Å². The van der Waals surface area contributed by atoms with Crippen molar-refractivity contribution < 1.29 is 9.53 Å². The SMILES string of the molecule is COC(=O)C1(CN(C)CCCC(C)C)CCC1. The first-order valence-corrected chi connectivity index (χ1v) is 6.77. The highest BCUT2D eigenvalue weighted by Gasteiger charge is 2.45. The van der Waals surface area contributed by atoms with Crippen LogP contribution in [-0.4, -0.2) is 38.1 Å². The van der Waals surface area contributed by atoms with Gasteiger partial charge in [-0.15, -0.1) is 0 Å². The molecule has 0 N–H and O–H groups in total. The van der Waals surface area contributed by atoms with Gasteiger partial charge in [0, 0.05) is 6.54 Å². The van der Waals surface area contributed by atoms with E-state index in [9.17, 15) is 4.79 Å². The molecule has 0 saturated heterocycles. The monoisotopic (exact) mass is 241 g/mol. The van der Waals surface area contributed by atoms with Gasteiger partial charge >= 0.3 is 5.97 Å². The molecule has 0 spiro atoms. The van der Waals surface area contributed by atoms with E-state index in [2.05, 4.69) is 25.8 Å². The van der Waals surface area contributed by atoms with Crippen molar-refractivity contribution in [2.75, 3.05) is 27.2 Å². The van der Waals surface area contributed by atoms with Crippen molar-refractivity contribution in [3.8, 4) is 0 Å². The summed E-state index contributed by atoms with van der Waals surface area (Å²) in [7, 11) is 3.62. The normalized spacial score (nSPS) is 18.2. The van der Waals surface area contributed by atoms with E-state index in [0.29, 0.717) is 0 Å². The van der Waals surface area contributed by atoms with Crippen LogP contribution in [0, 0.1) is 11.3 Å². The molecule has 1 fully saturated rings. The minimum absolute atomic E-state index is 0.0144. The van der Waals surface area contributed by atoms with E-state index >= 15 is 0 Å². The molecule has 1 rings (SSSR count). The summed E-state index contributed by atoms with van der Waals surface area (Å²) in [5.74, 6) is 0.751. The van der Waals surface area contributed by atoms with Gasteiger partial charge in [-0.2, -0.15) is 0 Å². The van der Waals surface area contributed by atoms with Gasteiger partial charge in [-0.05, 0) is 45.2 Å². The van der Waals surface area contributed by atoms with Crippen LogP contribution in [0.15, 0.2) is 0 Å². The summed E-state index contributed by atoms with van der Waals surface area (Å²) >= 11 is 0. The first-order chi connectivity index (χ1) is 8.00. The summed E-state index contributed by atoms with van der Waals surface area (Å²) in [5.41, 5.74) is -0.193. The Morgan fingerprint density at radius 2 is 2.06 bits per heavy atom. The van der Waals surface area contributed by atoms with Crippen LogP contribution in [0.4, 0.5) is 0 Å². The van der Waals surface area contributed by atoms with E-state index in [1.54, 1.807) is 0 Å². The number of carbonyl (C=O) groups is 1. The molecule has 0 aromatic rings. The molecule has 1 aliphatic carbocycles. The molecular weight excluding hydrogens is 214 g/mol. The number of hydrogen-bond acceptors (Lipinski definition) is 3. The molecule has 0 unspecified atom stereocenters. The van der Waals surface area contributed by atoms with Gasteiger partial charge in [-0.3, -0.25) is 4.79 Å². The third-order valence-electron chi connectivity index (χ3n) is 3.82. The van der Waals surface area contributed by atoms with Crippen molar-refractivity contribution >= 4 is 5.97 Å². The van der Waals surface area contributed by atoms with Crippen molar-refractivity contribution in [1.29, 1.82) is 0 Å². The maximum absolute atomic E-state index is 11.8. The third kappa shape index (κ3) is 3.98. The molecule has 0 aliphatic heterocycles. The van der Waals surface area contributed by atoms with Crippen LogP contribution in [0.5, 0.6) is 0 Å². The average Bonchev–Trinajstić information content (AvgIpc) is 2.22. The molecule has 0 aromatic heterocycles. The predicted molar refractivity (Wildman–Crippen MR) is 69.9 cm³/mol. The molecule has 0 heterocycles. The topological polar surface area (TPSA) is 29.5 Å². The Morgan fingerprint density at radius 1 is 1.41 bits per heavy atom. The summed E-state index contributed by atoms with van der Waals surface area (Å²) in [5, 5.41) is 0. The Kier molecular flexibility index (Phi) is 5.44. The molecule has 17 heavy (non-hydrogen) atoms. The van der Waals surface area contributed by atoms with E-state index in [1.807, 2.05) is 0 Å². The van der Waals surface area contributed by atoms with Gasteiger partial charge in [0.25, 0.3) is 0 Å². The maximum atomic E-state index is 11.8. The maximum Gasteiger partial charge on any atom is 0.313 e. The Labute approximate surface area is 106 Å². The van der Waals surface area contributed by atoms with Gasteiger partial charge in [0.1, 0.15) is 0 Å². The second kappa shape index (κ2) is 6.39. The van der Waals surface area contributed by atoms with Crippen molar-refractivity contribution in [2.45, 2.75) is 46.0 Å². The van der Waals surface area contributed by atoms with E-state index < -0.39 is 0 Å². The predicted octanol–water partition coefficient (Wildman–Crippen LogP) is 2.70. The Bertz CT molecular complexity index is 247. The van der Waals surface area contributed by atoms with Gasteiger partial charge in [0.2, 0.25) is 0 Å². The molecule has 100 valence electrons. The number of rotatable bonds is 7. The lowest BCUT2D eigenvalue weighted by atomic mass is 9.68. The summed E-state index contributed by atoms with van der Waals surface area (Å²) in [6, 6.07) is 0. The molecule has 1 saturated carbocycles. The van der Waals surface area contributed by atoms with Gasteiger partial charge in [-0.25, -0.2) is 0 Å². The minimum Gasteiger partial charge on any atom is -0.469 e. The second-order valence-electron chi connectivity index (χ2n) is 5.90. The lowest BCUT2D eigenvalue weighted by Crippen LogP contribution is -2.47. The summed E-state index contributed by atoms with van der Waals surface area (Å²) in [4.78, 5) is 14.1. The highest BCUT2D eigenvalue weighted by atomic mass is 16.5. The minimum atomic E-state index is -0.193. The van der Waals surface area contributed by atoms with Crippen LogP contribution in [0.3, 0.4) is 0 Å². The van der Waals surface area contributed by atoms with Crippen LogP contribution in [-0.2, 0) is 9.53 Å². The Hall–Kier alpha value is -0.570. The standard InChI is InChI=1S/C14H27NO2/c1-12(2)7-5-10-15(3)11-14(8-6-9-14)13(16)17-4/h12H,5-11H2,1-4H3. The van der Waals surface area contributed by atoms with Crippen LogP contribution >= 0.6 is 0 Å². The van der Waals surface area contributed by atoms with Crippen LogP contribution in [0.25, 0.3) is 0 Å². The van der Waals surface area contributed by atoms with E-state index in [4.69, 9.17) is 4.74 Å². The Balaban J connectivity index is 2.33. The molecule has 0 bridgehead atoms. The molecule has 3 nitrogen and oxygen atoms in total. The lowest BCUT2D eigenvalue weighted by molar-refractivity contribution is -0.159. The van der Waals surface area contributed by atoms with E-state index in [1.165, 1.54) is 20.0 Å². The quantitative estimate of drug-likeness (QED) is 0.642. The van der Waals surface area contributed by atoms with Gasteiger partial charge in [0.15, 0.2) is 0 Å². The third-order valence-corrected chi connectivity index (χ3v) is 3.82. The average molecular weight is 241 g/mol. The largest absolute Gasteiger partial charge is 0.469 e. The fourth-order valence-electron chi connectivity index (χ4n) is 2.61. The Morgan fingerprint density at radius 3 is 2.47 bits per heavy atom. The van der Waals surface area contributed by atoms with Gasteiger partial charge < -0.3 is 9.64 Å². The van der Waals surface area contributed by atoms with Crippen LogP contribution in [0.2, 0.25) is 0 Å². The van der Waals surface area contributed by atoms with Crippen molar-refractivity contribution in [3.63, 3.8) is 0 Å². The zero-order chi connectivity index (χ0) is 12.9. The van der Waals surface area contributed by atoms with E-state index in [-0.39, 0.29) is 11.4 Å². The van der Waals surface area contributed by atoms with Crippen LogP contribution in [0.1, 0.15) is 46.0 Å². The smallest absolute Gasteiger partial charge is 0.313 e. The number of ether oxygens (including phenoxy) is 1. The highest BCUT2D eigenvalue weighted by molar-refractivity contribution is 5.78. The molecule has 0 radical (unpaired) electrons.